The van der Waals surface area contributed by atoms with Crippen LogP contribution in [0.4, 0.5) is 0 Å². The van der Waals surface area contributed by atoms with Gasteiger partial charge in [-0.15, -0.1) is 0 Å². The molecule has 1 aliphatic carbocycles. The summed E-state index contributed by atoms with van der Waals surface area (Å²) in [6.45, 7) is 2.49. The van der Waals surface area contributed by atoms with Crippen molar-refractivity contribution in [2.45, 2.75) is 45.6 Å². The molecule has 0 unspecified atom stereocenters. The molecule has 0 spiro atoms. The zero-order valence-electron chi connectivity index (χ0n) is 10.8. The SMILES string of the molecule is CC(C)(C(=O)O)C(=O)N(CC(N)=O)C1CCCC1. The van der Waals surface area contributed by atoms with Gasteiger partial charge in [0.15, 0.2) is 0 Å². The maximum atomic E-state index is 12.3. The fraction of sp³-hybridized carbons (Fsp3) is 0.750. The first-order valence-electron chi connectivity index (χ1n) is 6.09. The monoisotopic (exact) mass is 256 g/mol. The molecular formula is C12H20N2O4. The van der Waals surface area contributed by atoms with Crippen LogP contribution in [-0.4, -0.2) is 40.4 Å². The van der Waals surface area contributed by atoms with Gasteiger partial charge >= 0.3 is 5.97 Å². The van der Waals surface area contributed by atoms with Crippen molar-refractivity contribution >= 4 is 17.8 Å². The lowest BCUT2D eigenvalue weighted by Crippen LogP contribution is -2.51. The van der Waals surface area contributed by atoms with Crippen LogP contribution in [0.15, 0.2) is 0 Å². The van der Waals surface area contributed by atoms with E-state index in [1.54, 1.807) is 0 Å². The normalized spacial score (nSPS) is 16.6. The highest BCUT2D eigenvalue weighted by Gasteiger charge is 2.42. The minimum atomic E-state index is -1.53. The van der Waals surface area contributed by atoms with Gasteiger partial charge in [-0.2, -0.15) is 0 Å². The lowest BCUT2D eigenvalue weighted by Gasteiger charge is -2.33. The first kappa shape index (κ1) is 14.5. The molecule has 0 aromatic rings. The standard InChI is InChI=1S/C12H20N2O4/c1-12(2,11(17)18)10(16)14(7-9(13)15)8-5-3-4-6-8/h8H,3-7H2,1-2H3,(H2,13,15)(H,17,18). The number of amides is 2. The summed E-state index contributed by atoms with van der Waals surface area (Å²) in [6, 6.07) is -0.0661. The second-order valence-corrected chi connectivity index (χ2v) is 5.27. The molecule has 3 N–H and O–H groups in total. The van der Waals surface area contributed by atoms with Gasteiger partial charge in [-0.25, -0.2) is 0 Å². The summed E-state index contributed by atoms with van der Waals surface area (Å²) >= 11 is 0. The average Bonchev–Trinajstić information content (AvgIpc) is 2.77. The third kappa shape index (κ3) is 3.00. The molecule has 1 aliphatic rings. The number of aliphatic carboxylic acids is 1. The van der Waals surface area contributed by atoms with Crippen molar-refractivity contribution in [2.24, 2.45) is 11.1 Å². The van der Waals surface area contributed by atoms with Gasteiger partial charge in [-0.05, 0) is 26.7 Å². The van der Waals surface area contributed by atoms with Gasteiger partial charge in [0, 0.05) is 6.04 Å². The lowest BCUT2D eigenvalue weighted by atomic mass is 9.91. The predicted molar refractivity (Wildman–Crippen MR) is 64.6 cm³/mol. The van der Waals surface area contributed by atoms with E-state index in [-0.39, 0.29) is 12.6 Å². The van der Waals surface area contributed by atoms with Crippen molar-refractivity contribution in [3.63, 3.8) is 0 Å². The van der Waals surface area contributed by atoms with Crippen LogP contribution in [0.3, 0.4) is 0 Å². The van der Waals surface area contributed by atoms with Crippen molar-refractivity contribution < 1.29 is 19.5 Å². The maximum absolute atomic E-state index is 12.3. The molecule has 1 rings (SSSR count). The van der Waals surface area contributed by atoms with E-state index >= 15 is 0 Å². The topological polar surface area (TPSA) is 101 Å². The van der Waals surface area contributed by atoms with E-state index in [4.69, 9.17) is 10.8 Å². The summed E-state index contributed by atoms with van der Waals surface area (Å²) in [6.07, 6.45) is 3.57. The molecule has 0 radical (unpaired) electrons. The molecule has 0 atom stereocenters. The van der Waals surface area contributed by atoms with E-state index in [0.717, 1.165) is 25.7 Å². The molecular weight excluding hydrogens is 236 g/mol. The van der Waals surface area contributed by atoms with Gasteiger partial charge in [-0.3, -0.25) is 14.4 Å². The first-order chi connectivity index (χ1) is 8.26. The summed E-state index contributed by atoms with van der Waals surface area (Å²) in [7, 11) is 0. The Balaban J connectivity index is 2.91. The number of hydrogen-bond donors (Lipinski definition) is 2. The molecule has 0 aromatic heterocycles. The highest BCUT2D eigenvalue weighted by molar-refractivity contribution is 6.02. The van der Waals surface area contributed by atoms with Crippen LogP contribution >= 0.6 is 0 Å². The summed E-state index contributed by atoms with van der Waals surface area (Å²) in [5.41, 5.74) is 3.61. The van der Waals surface area contributed by atoms with E-state index in [0.29, 0.717) is 0 Å². The Hall–Kier alpha value is -1.59. The Bertz CT molecular complexity index is 359. The van der Waals surface area contributed by atoms with Crippen LogP contribution < -0.4 is 5.73 Å². The quantitative estimate of drug-likeness (QED) is 0.693. The van der Waals surface area contributed by atoms with Crippen molar-refractivity contribution in [3.05, 3.63) is 0 Å². The molecule has 2 amide bonds. The number of carbonyl (C=O) groups is 3. The van der Waals surface area contributed by atoms with Gasteiger partial charge < -0.3 is 15.7 Å². The molecule has 0 saturated heterocycles. The highest BCUT2D eigenvalue weighted by Crippen LogP contribution is 2.28. The van der Waals surface area contributed by atoms with Gasteiger partial charge in [0.1, 0.15) is 5.41 Å². The second kappa shape index (κ2) is 5.37. The number of hydrogen-bond acceptors (Lipinski definition) is 3. The van der Waals surface area contributed by atoms with Crippen LogP contribution in [0.25, 0.3) is 0 Å². The van der Waals surface area contributed by atoms with Gasteiger partial charge in [0.05, 0.1) is 6.54 Å². The second-order valence-electron chi connectivity index (χ2n) is 5.27. The van der Waals surface area contributed by atoms with Gasteiger partial charge in [0.2, 0.25) is 11.8 Å². The molecule has 1 fully saturated rings. The molecule has 0 aromatic carbocycles. The zero-order valence-corrected chi connectivity index (χ0v) is 10.8. The minimum Gasteiger partial charge on any atom is -0.480 e. The van der Waals surface area contributed by atoms with Crippen LogP contribution in [0.2, 0.25) is 0 Å². The molecule has 0 heterocycles. The summed E-state index contributed by atoms with van der Waals surface area (Å²) in [5, 5.41) is 9.07. The highest BCUT2D eigenvalue weighted by atomic mass is 16.4. The molecule has 6 heteroatoms. The fourth-order valence-corrected chi connectivity index (χ4v) is 2.20. The fourth-order valence-electron chi connectivity index (χ4n) is 2.20. The molecule has 0 aliphatic heterocycles. The Morgan fingerprint density at radius 1 is 1.28 bits per heavy atom. The molecule has 18 heavy (non-hydrogen) atoms. The van der Waals surface area contributed by atoms with E-state index in [1.807, 2.05) is 0 Å². The molecule has 1 saturated carbocycles. The number of carboxylic acid groups (broad SMARTS) is 1. The van der Waals surface area contributed by atoms with Crippen LogP contribution in [0.1, 0.15) is 39.5 Å². The zero-order chi connectivity index (χ0) is 13.9. The number of carboxylic acids is 1. The average molecular weight is 256 g/mol. The van der Waals surface area contributed by atoms with E-state index in [2.05, 4.69) is 0 Å². The van der Waals surface area contributed by atoms with E-state index in [9.17, 15) is 14.4 Å². The molecule has 102 valence electrons. The van der Waals surface area contributed by atoms with E-state index in [1.165, 1.54) is 18.7 Å². The lowest BCUT2D eigenvalue weighted by molar-refractivity contribution is -0.160. The minimum absolute atomic E-state index is 0.0661. The summed E-state index contributed by atoms with van der Waals surface area (Å²) < 4.78 is 0. The summed E-state index contributed by atoms with van der Waals surface area (Å²) in [5.74, 6) is -2.35. The number of primary amides is 1. The van der Waals surface area contributed by atoms with Crippen molar-refractivity contribution in [2.75, 3.05) is 6.54 Å². The Kier molecular flexibility index (Phi) is 4.32. The smallest absolute Gasteiger partial charge is 0.318 e. The van der Waals surface area contributed by atoms with Crippen LogP contribution in [0.5, 0.6) is 0 Å². The van der Waals surface area contributed by atoms with E-state index < -0.39 is 23.2 Å². The maximum Gasteiger partial charge on any atom is 0.318 e. The Morgan fingerprint density at radius 3 is 2.17 bits per heavy atom. The molecule has 6 nitrogen and oxygen atoms in total. The number of nitrogens with two attached hydrogens (primary N) is 1. The Labute approximate surface area is 106 Å². The van der Waals surface area contributed by atoms with Crippen LogP contribution in [0, 0.1) is 5.41 Å². The van der Waals surface area contributed by atoms with Gasteiger partial charge in [0.25, 0.3) is 0 Å². The summed E-state index contributed by atoms with van der Waals surface area (Å²) in [4.78, 5) is 35.8. The van der Waals surface area contributed by atoms with Crippen LogP contribution in [-0.2, 0) is 14.4 Å². The largest absolute Gasteiger partial charge is 0.480 e. The predicted octanol–water partition coefficient (Wildman–Crippen LogP) is 0.354. The Morgan fingerprint density at radius 2 is 1.78 bits per heavy atom. The third-order valence-corrected chi connectivity index (χ3v) is 3.42. The van der Waals surface area contributed by atoms with Crippen molar-refractivity contribution in [1.82, 2.24) is 4.90 Å². The first-order valence-corrected chi connectivity index (χ1v) is 6.09. The van der Waals surface area contributed by atoms with Gasteiger partial charge in [-0.1, -0.05) is 12.8 Å². The van der Waals surface area contributed by atoms with Crippen molar-refractivity contribution in [1.29, 1.82) is 0 Å². The number of nitrogens with zero attached hydrogens (tertiary/aromatic N) is 1. The number of carbonyl (C=O) groups excluding carboxylic acids is 2. The molecule has 0 bridgehead atoms. The van der Waals surface area contributed by atoms with Crippen molar-refractivity contribution in [3.8, 4) is 0 Å². The third-order valence-electron chi connectivity index (χ3n) is 3.42. The number of rotatable bonds is 5.